The van der Waals surface area contributed by atoms with Crippen molar-refractivity contribution in [1.29, 1.82) is 0 Å². The van der Waals surface area contributed by atoms with Gasteiger partial charge in [0.25, 0.3) is 16.0 Å². The number of aromatic nitrogens is 3. The maximum Gasteiger partial charge on any atom is 0.264 e. The highest BCUT2D eigenvalue weighted by Crippen LogP contribution is 2.40. The van der Waals surface area contributed by atoms with Crippen molar-refractivity contribution < 1.29 is 34.6 Å². The number of pyridine rings is 1. The number of carbonyl (C=O) groups excluding carboxylic acids is 1. The molecule has 39 heavy (non-hydrogen) atoms. The number of imidazole rings is 1. The Morgan fingerprint density at radius 1 is 1.18 bits per heavy atom. The Labute approximate surface area is 233 Å². The Bertz CT molecular complexity index is 1640. The van der Waals surface area contributed by atoms with E-state index in [1.165, 1.54) is 24.4 Å². The van der Waals surface area contributed by atoms with Crippen molar-refractivity contribution in [1.82, 2.24) is 13.9 Å². The van der Waals surface area contributed by atoms with Crippen LogP contribution >= 0.6 is 11.6 Å². The first kappa shape index (κ1) is 31.1. The first-order valence-electron chi connectivity index (χ1n) is 11.6. The molecule has 0 bridgehead atoms. The minimum Gasteiger partial charge on any atom is -0.404 e. The fraction of sp³-hybridized carbons (Fsp3) is 0.435. The van der Waals surface area contributed by atoms with Gasteiger partial charge in [0.2, 0.25) is 10.0 Å². The first-order valence-corrected chi connectivity index (χ1v) is 18.5. The number of nitrogens with zero attached hydrogens (tertiary/aromatic N) is 3. The third-order valence-electron chi connectivity index (χ3n) is 6.25. The highest BCUT2D eigenvalue weighted by Gasteiger charge is 2.42. The standard InChI is InChI=1S/C23H30ClFN4O7S2Si/c1-23(2,3)39(6,7)36-18(13-35-38(5,33)34)21-28-20-19(29(21)37(4,31)32)15(10-11-26-20)22(30)27-14-8-9-17(25)16(24)12-14/h8-12,18H,13H2,1-7H3,(H,27,30). The predicted molar refractivity (Wildman–Crippen MR) is 149 cm³/mol. The van der Waals surface area contributed by atoms with Crippen molar-refractivity contribution >= 4 is 62.8 Å². The van der Waals surface area contributed by atoms with Gasteiger partial charge in [-0.25, -0.2) is 26.7 Å². The van der Waals surface area contributed by atoms with Gasteiger partial charge in [0.1, 0.15) is 17.4 Å². The lowest BCUT2D eigenvalue weighted by molar-refractivity contribution is 0.102. The normalized spacial score (nSPS) is 14.0. The van der Waals surface area contributed by atoms with Gasteiger partial charge in [-0.15, -0.1) is 0 Å². The van der Waals surface area contributed by atoms with Crippen LogP contribution < -0.4 is 5.32 Å². The van der Waals surface area contributed by atoms with Crippen molar-refractivity contribution in [3.05, 3.63) is 52.7 Å². The number of nitrogens with one attached hydrogen (secondary N) is 1. The molecule has 2 heterocycles. The van der Waals surface area contributed by atoms with E-state index >= 15 is 0 Å². The van der Waals surface area contributed by atoms with E-state index in [2.05, 4.69) is 15.3 Å². The smallest absolute Gasteiger partial charge is 0.264 e. The second kappa shape index (κ2) is 10.9. The van der Waals surface area contributed by atoms with E-state index in [-0.39, 0.29) is 38.3 Å². The molecule has 1 unspecified atom stereocenters. The zero-order chi connectivity index (χ0) is 29.6. The molecule has 3 aromatic rings. The van der Waals surface area contributed by atoms with Crippen molar-refractivity contribution in [3.63, 3.8) is 0 Å². The maximum atomic E-state index is 13.6. The number of fused-ring (bicyclic) bond motifs is 1. The van der Waals surface area contributed by atoms with Crippen molar-refractivity contribution in [2.24, 2.45) is 0 Å². The quantitative estimate of drug-likeness (QED) is 0.273. The first-order chi connectivity index (χ1) is 17.7. The van der Waals surface area contributed by atoms with Crippen LogP contribution in [0.25, 0.3) is 11.2 Å². The lowest BCUT2D eigenvalue weighted by Gasteiger charge is -2.38. The van der Waals surface area contributed by atoms with Crippen LogP contribution in [0.2, 0.25) is 23.2 Å². The Morgan fingerprint density at radius 3 is 2.36 bits per heavy atom. The maximum absolute atomic E-state index is 13.6. The third-order valence-corrected chi connectivity index (χ3v) is 12.6. The van der Waals surface area contributed by atoms with E-state index in [0.717, 1.165) is 22.6 Å². The molecule has 0 aliphatic heterocycles. The fourth-order valence-electron chi connectivity index (χ4n) is 3.37. The number of hydrogen-bond acceptors (Lipinski definition) is 9. The largest absolute Gasteiger partial charge is 0.404 e. The Balaban J connectivity index is 2.22. The number of benzene rings is 1. The van der Waals surface area contributed by atoms with Gasteiger partial charge in [0, 0.05) is 11.9 Å². The van der Waals surface area contributed by atoms with E-state index < -0.39 is 52.9 Å². The summed E-state index contributed by atoms with van der Waals surface area (Å²) in [5, 5.41) is 2.01. The summed E-state index contributed by atoms with van der Waals surface area (Å²) in [5.74, 6) is -1.61. The average molecular weight is 621 g/mol. The van der Waals surface area contributed by atoms with Crippen LogP contribution in [0, 0.1) is 5.82 Å². The van der Waals surface area contributed by atoms with Crippen LogP contribution in [0.3, 0.4) is 0 Å². The Hall–Kier alpha value is -2.43. The summed E-state index contributed by atoms with van der Waals surface area (Å²) in [6, 6.07) is 4.87. The minimum atomic E-state index is -4.15. The van der Waals surface area contributed by atoms with Crippen molar-refractivity contribution in [3.8, 4) is 0 Å². The number of hydrogen-bond donors (Lipinski definition) is 1. The van der Waals surface area contributed by atoms with Crippen LogP contribution in [0.5, 0.6) is 0 Å². The molecule has 0 aliphatic carbocycles. The zero-order valence-corrected chi connectivity index (χ0v) is 25.8. The molecule has 3 rings (SSSR count). The summed E-state index contributed by atoms with van der Waals surface area (Å²) in [4.78, 5) is 21.8. The van der Waals surface area contributed by atoms with Gasteiger partial charge in [0.05, 0.1) is 29.7 Å². The van der Waals surface area contributed by atoms with E-state index in [1.54, 1.807) is 0 Å². The monoisotopic (exact) mass is 620 g/mol. The third kappa shape index (κ3) is 7.21. The Kier molecular flexibility index (Phi) is 8.66. The van der Waals surface area contributed by atoms with E-state index in [1.807, 2.05) is 33.9 Å². The molecular formula is C23H30ClFN4O7S2Si. The molecule has 0 spiro atoms. The highest BCUT2D eigenvalue weighted by molar-refractivity contribution is 7.89. The molecule has 0 saturated heterocycles. The summed E-state index contributed by atoms with van der Waals surface area (Å²) in [5.41, 5.74) is -0.185. The highest BCUT2D eigenvalue weighted by atomic mass is 35.5. The second-order valence-electron chi connectivity index (χ2n) is 10.5. The molecule has 16 heteroatoms. The molecule has 214 valence electrons. The average Bonchev–Trinajstić information content (AvgIpc) is 3.18. The number of carbonyl (C=O) groups is 1. The van der Waals surface area contributed by atoms with Crippen LogP contribution in [0.15, 0.2) is 30.5 Å². The molecule has 0 saturated carbocycles. The summed E-state index contributed by atoms with van der Waals surface area (Å²) < 4.78 is 75.7. The van der Waals surface area contributed by atoms with Gasteiger partial charge < -0.3 is 9.74 Å². The van der Waals surface area contributed by atoms with Crippen molar-refractivity contribution in [2.75, 3.05) is 24.4 Å². The van der Waals surface area contributed by atoms with Crippen LogP contribution in [-0.4, -0.2) is 64.1 Å². The summed E-state index contributed by atoms with van der Waals surface area (Å²) in [7, 11) is -10.7. The molecule has 1 amide bonds. The van der Waals surface area contributed by atoms with Crippen LogP contribution in [0.4, 0.5) is 10.1 Å². The summed E-state index contributed by atoms with van der Waals surface area (Å²) in [6.07, 6.45) is 1.81. The van der Waals surface area contributed by atoms with E-state index in [9.17, 15) is 26.0 Å². The summed E-state index contributed by atoms with van der Waals surface area (Å²) >= 11 is 5.81. The number of halogens is 2. The zero-order valence-electron chi connectivity index (χ0n) is 22.4. The molecule has 1 atom stereocenters. The summed E-state index contributed by atoms with van der Waals surface area (Å²) in [6.45, 7) is 9.12. The minimum absolute atomic E-state index is 0.0941. The fourth-order valence-corrected chi connectivity index (χ4v) is 6.17. The molecule has 0 aliphatic rings. The number of anilines is 1. The Morgan fingerprint density at radius 2 is 1.82 bits per heavy atom. The van der Waals surface area contributed by atoms with Gasteiger partial charge in [-0.1, -0.05) is 32.4 Å². The second-order valence-corrected chi connectivity index (χ2v) is 19.1. The van der Waals surface area contributed by atoms with Gasteiger partial charge in [-0.2, -0.15) is 8.42 Å². The van der Waals surface area contributed by atoms with Gasteiger partial charge in [0.15, 0.2) is 19.8 Å². The molecule has 1 N–H and O–H groups in total. The van der Waals surface area contributed by atoms with E-state index in [0.29, 0.717) is 0 Å². The van der Waals surface area contributed by atoms with Crippen LogP contribution in [0.1, 0.15) is 43.1 Å². The number of rotatable bonds is 9. The lowest BCUT2D eigenvalue weighted by atomic mass is 10.2. The van der Waals surface area contributed by atoms with Gasteiger partial charge >= 0.3 is 0 Å². The predicted octanol–water partition coefficient (Wildman–Crippen LogP) is 4.32. The van der Waals surface area contributed by atoms with Crippen molar-refractivity contribution in [2.45, 2.75) is 45.0 Å². The van der Waals surface area contributed by atoms with Crippen LogP contribution in [-0.2, 0) is 28.8 Å². The lowest BCUT2D eigenvalue weighted by Crippen LogP contribution is -2.43. The molecule has 2 aromatic heterocycles. The SMILES string of the molecule is CC(C)(C)[Si](C)(C)OC(COS(C)(=O)=O)c1nc2nccc(C(=O)Nc3ccc(F)c(Cl)c3)c2n1S(C)(=O)=O. The molecule has 0 fully saturated rings. The molecular weight excluding hydrogens is 591 g/mol. The van der Waals surface area contributed by atoms with Gasteiger partial charge in [-0.05, 0) is 42.4 Å². The van der Waals surface area contributed by atoms with E-state index in [4.69, 9.17) is 20.2 Å². The number of amides is 1. The molecule has 0 radical (unpaired) electrons. The molecule has 1 aromatic carbocycles. The van der Waals surface area contributed by atoms with Gasteiger partial charge in [-0.3, -0.25) is 8.98 Å². The topological polar surface area (TPSA) is 147 Å². The molecule has 11 nitrogen and oxygen atoms in total.